The molecule has 0 aromatic heterocycles. The number of piperazine rings is 1. The van der Waals surface area contributed by atoms with Gasteiger partial charge in [-0.05, 0) is 44.1 Å². The van der Waals surface area contributed by atoms with Crippen molar-refractivity contribution in [2.75, 3.05) is 39.8 Å². The van der Waals surface area contributed by atoms with Crippen LogP contribution in [-0.4, -0.2) is 49.6 Å². The van der Waals surface area contributed by atoms with Gasteiger partial charge in [0, 0.05) is 37.3 Å². The van der Waals surface area contributed by atoms with Gasteiger partial charge in [-0.15, -0.1) is 0 Å². The maximum atomic E-state index is 6.58. The van der Waals surface area contributed by atoms with Crippen molar-refractivity contribution in [3.63, 3.8) is 0 Å². The van der Waals surface area contributed by atoms with E-state index in [9.17, 15) is 0 Å². The van der Waals surface area contributed by atoms with Crippen LogP contribution in [-0.2, 0) is 12.2 Å². The first-order chi connectivity index (χ1) is 15.2. The number of rotatable bonds is 6. The lowest BCUT2D eigenvalue weighted by molar-refractivity contribution is -0.0459. The third-order valence-corrected chi connectivity index (χ3v) is 6.36. The van der Waals surface area contributed by atoms with Gasteiger partial charge in [-0.25, -0.2) is 0 Å². The Morgan fingerprint density at radius 2 is 1.35 bits per heavy atom. The molecule has 0 aliphatic carbocycles. The summed E-state index contributed by atoms with van der Waals surface area (Å²) < 4.78 is 13.1. The molecule has 0 bridgehead atoms. The third-order valence-electron chi connectivity index (χ3n) is 6.36. The zero-order valence-corrected chi connectivity index (χ0v) is 18.2. The average Bonchev–Trinajstić information content (AvgIpc) is 3.22. The minimum Gasteiger partial charge on any atom is -0.440 e. The Kier molecular flexibility index (Phi) is 5.66. The van der Waals surface area contributed by atoms with Crippen LogP contribution in [0.25, 0.3) is 0 Å². The lowest BCUT2D eigenvalue weighted by Gasteiger charge is -2.32. The summed E-state index contributed by atoms with van der Waals surface area (Å²) in [5.41, 5.74) is 3.29. The molecule has 1 fully saturated rings. The van der Waals surface area contributed by atoms with Crippen LogP contribution < -0.4 is 9.47 Å². The number of aryl methyl sites for hydroxylation is 1. The van der Waals surface area contributed by atoms with Gasteiger partial charge in [-0.2, -0.15) is 0 Å². The normalized spacial score (nSPS) is 18.2. The molecule has 5 rings (SSSR count). The highest BCUT2D eigenvalue weighted by atomic mass is 16.7. The summed E-state index contributed by atoms with van der Waals surface area (Å²) in [5.74, 6) is 0.684. The first-order valence-electron chi connectivity index (χ1n) is 11.3. The number of benzene rings is 3. The van der Waals surface area contributed by atoms with E-state index in [0.717, 1.165) is 42.0 Å². The monoisotopic (exact) mass is 414 g/mol. The van der Waals surface area contributed by atoms with Gasteiger partial charge in [0.15, 0.2) is 11.5 Å². The van der Waals surface area contributed by atoms with Gasteiger partial charge in [0.05, 0.1) is 0 Å². The molecule has 2 heterocycles. The lowest BCUT2D eigenvalue weighted by Crippen LogP contribution is -2.44. The van der Waals surface area contributed by atoms with Crippen molar-refractivity contribution in [3.8, 4) is 11.5 Å². The van der Waals surface area contributed by atoms with Gasteiger partial charge in [-0.3, -0.25) is 0 Å². The number of ether oxygens (including phenoxy) is 2. The second-order valence-electron chi connectivity index (χ2n) is 8.58. The standard InChI is InChI=1S/C27H30N2O2/c1-28-17-19-29(20-18-28)16-8-9-22-14-15-25-26(21-22)31-27(30-25,23-10-4-2-5-11-23)24-12-6-3-7-13-24/h2-7,10-15,21H,8-9,16-20H2,1H3. The number of hydrogen-bond donors (Lipinski definition) is 0. The zero-order valence-electron chi connectivity index (χ0n) is 18.2. The minimum absolute atomic E-state index is 0.801. The minimum atomic E-state index is -0.941. The SMILES string of the molecule is CN1CCN(CCCc2ccc3c(c2)OC(c2ccccc2)(c2ccccc2)O3)CC1. The molecule has 160 valence electrons. The summed E-state index contributed by atoms with van der Waals surface area (Å²) in [5, 5.41) is 0. The van der Waals surface area contributed by atoms with Crippen LogP contribution >= 0.6 is 0 Å². The summed E-state index contributed by atoms with van der Waals surface area (Å²) in [4.78, 5) is 4.98. The Labute approximate surface area is 185 Å². The van der Waals surface area contributed by atoms with Crippen LogP contribution in [0.1, 0.15) is 23.1 Å². The van der Waals surface area contributed by atoms with Crippen molar-refractivity contribution in [1.29, 1.82) is 0 Å². The number of likely N-dealkylation sites (N-methyl/N-ethyl adjacent to an activating group) is 1. The highest BCUT2D eigenvalue weighted by Crippen LogP contribution is 2.47. The molecule has 3 aromatic rings. The van der Waals surface area contributed by atoms with Crippen LogP contribution in [0, 0.1) is 0 Å². The Hall–Kier alpha value is -2.82. The fraction of sp³-hybridized carbons (Fsp3) is 0.333. The molecule has 0 atom stereocenters. The van der Waals surface area contributed by atoms with Gasteiger partial charge in [-0.1, -0.05) is 66.7 Å². The van der Waals surface area contributed by atoms with Crippen LogP contribution in [0.15, 0.2) is 78.9 Å². The molecule has 2 aliphatic heterocycles. The van der Waals surface area contributed by atoms with Crippen LogP contribution in [0.4, 0.5) is 0 Å². The summed E-state index contributed by atoms with van der Waals surface area (Å²) in [6, 6.07) is 26.8. The molecule has 4 heteroatoms. The molecule has 0 N–H and O–H groups in total. The van der Waals surface area contributed by atoms with Crippen molar-refractivity contribution in [1.82, 2.24) is 9.80 Å². The predicted molar refractivity (Wildman–Crippen MR) is 124 cm³/mol. The topological polar surface area (TPSA) is 24.9 Å². The summed E-state index contributed by atoms with van der Waals surface area (Å²) in [6.07, 6.45) is 2.21. The van der Waals surface area contributed by atoms with Crippen LogP contribution in [0.3, 0.4) is 0 Å². The molecule has 2 aliphatic rings. The maximum Gasteiger partial charge on any atom is 0.305 e. The van der Waals surface area contributed by atoms with E-state index in [-0.39, 0.29) is 0 Å². The summed E-state index contributed by atoms with van der Waals surface area (Å²) in [7, 11) is 2.20. The molecule has 1 saturated heterocycles. The van der Waals surface area contributed by atoms with E-state index < -0.39 is 5.79 Å². The van der Waals surface area contributed by atoms with Gasteiger partial charge in [0.1, 0.15) is 0 Å². The fourth-order valence-corrected chi connectivity index (χ4v) is 4.50. The largest absolute Gasteiger partial charge is 0.440 e. The van der Waals surface area contributed by atoms with E-state index in [1.807, 2.05) is 36.4 Å². The molecule has 0 saturated carbocycles. The Morgan fingerprint density at radius 3 is 2.00 bits per heavy atom. The van der Waals surface area contributed by atoms with E-state index >= 15 is 0 Å². The second-order valence-corrected chi connectivity index (χ2v) is 8.58. The Balaban J connectivity index is 1.32. The molecular weight excluding hydrogens is 384 g/mol. The quantitative estimate of drug-likeness (QED) is 0.591. The first kappa shape index (κ1) is 20.1. The molecule has 0 radical (unpaired) electrons. The summed E-state index contributed by atoms with van der Waals surface area (Å²) in [6.45, 7) is 5.85. The smallest absolute Gasteiger partial charge is 0.305 e. The van der Waals surface area contributed by atoms with Crippen molar-refractivity contribution in [3.05, 3.63) is 95.6 Å². The van der Waals surface area contributed by atoms with E-state index in [1.165, 1.54) is 31.7 Å². The third kappa shape index (κ3) is 4.18. The maximum absolute atomic E-state index is 6.58. The highest BCUT2D eigenvalue weighted by Gasteiger charge is 2.45. The van der Waals surface area contributed by atoms with Gasteiger partial charge < -0.3 is 19.3 Å². The highest BCUT2D eigenvalue weighted by molar-refractivity contribution is 5.50. The van der Waals surface area contributed by atoms with Crippen LogP contribution in [0.2, 0.25) is 0 Å². The first-order valence-corrected chi connectivity index (χ1v) is 11.3. The van der Waals surface area contributed by atoms with Gasteiger partial charge >= 0.3 is 5.79 Å². The molecule has 3 aromatic carbocycles. The lowest BCUT2D eigenvalue weighted by atomic mass is 9.97. The van der Waals surface area contributed by atoms with Gasteiger partial charge in [0.2, 0.25) is 0 Å². The Bertz CT molecular complexity index is 959. The van der Waals surface area contributed by atoms with E-state index in [0.29, 0.717) is 0 Å². The van der Waals surface area contributed by atoms with E-state index in [4.69, 9.17) is 9.47 Å². The summed E-state index contributed by atoms with van der Waals surface area (Å²) >= 11 is 0. The zero-order chi connectivity index (χ0) is 21.1. The predicted octanol–water partition coefficient (Wildman–Crippen LogP) is 4.54. The van der Waals surface area contributed by atoms with Crippen molar-refractivity contribution in [2.45, 2.75) is 18.6 Å². The van der Waals surface area contributed by atoms with Crippen molar-refractivity contribution in [2.24, 2.45) is 0 Å². The number of fused-ring (bicyclic) bond motifs is 1. The molecule has 4 nitrogen and oxygen atoms in total. The molecule has 0 unspecified atom stereocenters. The molecule has 31 heavy (non-hydrogen) atoms. The number of hydrogen-bond acceptors (Lipinski definition) is 4. The van der Waals surface area contributed by atoms with Crippen molar-refractivity contribution >= 4 is 0 Å². The van der Waals surface area contributed by atoms with Crippen molar-refractivity contribution < 1.29 is 9.47 Å². The number of nitrogens with zero attached hydrogens (tertiary/aromatic N) is 2. The Morgan fingerprint density at radius 1 is 0.742 bits per heavy atom. The fourth-order valence-electron chi connectivity index (χ4n) is 4.50. The van der Waals surface area contributed by atoms with Gasteiger partial charge in [0.25, 0.3) is 0 Å². The second kappa shape index (κ2) is 8.74. The molecule has 0 amide bonds. The van der Waals surface area contributed by atoms with Crippen LogP contribution in [0.5, 0.6) is 11.5 Å². The average molecular weight is 415 g/mol. The molecule has 0 spiro atoms. The van der Waals surface area contributed by atoms with E-state index in [2.05, 4.69) is 59.3 Å². The molecular formula is C27H30N2O2. The van der Waals surface area contributed by atoms with E-state index in [1.54, 1.807) is 0 Å².